The van der Waals surface area contributed by atoms with E-state index in [0.717, 1.165) is 12.8 Å². The van der Waals surface area contributed by atoms with Gasteiger partial charge in [0.25, 0.3) is 0 Å². The van der Waals surface area contributed by atoms with E-state index in [1.165, 1.54) is 11.5 Å². The van der Waals surface area contributed by atoms with Gasteiger partial charge in [-0.15, -0.1) is 4.99 Å². The van der Waals surface area contributed by atoms with Crippen molar-refractivity contribution >= 4 is 17.8 Å². The summed E-state index contributed by atoms with van der Waals surface area (Å²) in [5, 5.41) is 21.8. The highest BCUT2D eigenvalue weighted by Gasteiger charge is 2.28. The molecule has 0 saturated carbocycles. The van der Waals surface area contributed by atoms with Gasteiger partial charge >= 0.3 is 12.1 Å². The Morgan fingerprint density at radius 3 is 1.93 bits per heavy atom. The molecule has 10 nitrogen and oxygen atoms in total. The fraction of sp³-hybridized carbons (Fsp3) is 0.600. The van der Waals surface area contributed by atoms with Crippen molar-refractivity contribution in [1.82, 2.24) is 9.13 Å². The van der Waals surface area contributed by atoms with Crippen LogP contribution in [0.3, 0.4) is 0 Å². The minimum Gasteiger partial charge on any atom is -0.507 e. The molecule has 2 N–H and O–H groups in total. The highest BCUT2D eigenvalue weighted by atomic mass is 16.7. The maximum Gasteiger partial charge on any atom is 0.439 e. The number of phenolic OH excluding ortho intramolecular Hbond substituents is 1. The van der Waals surface area contributed by atoms with E-state index >= 15 is 0 Å². The summed E-state index contributed by atoms with van der Waals surface area (Å²) < 4.78 is 12.7. The lowest BCUT2D eigenvalue weighted by Gasteiger charge is -2.28. The molecule has 222 valence electrons. The number of phenols is 1. The standard InChI is InChI=1S/C30H45N3O7/c1-10-20(11-2)24(35)16-32-12-13-33(27(32)31-28(38)40-18-39-19(3)34)17-25(36)21-14-22(29(4,5)6)26(37)23(15-21)30(7,8)9/h12-15,20,24,35,37H,10-11,16-18H2,1-9H3. The Morgan fingerprint density at radius 2 is 1.45 bits per heavy atom. The van der Waals surface area contributed by atoms with Gasteiger partial charge in [0.2, 0.25) is 12.4 Å². The molecule has 0 bridgehead atoms. The van der Waals surface area contributed by atoms with Crippen molar-refractivity contribution in [3.8, 4) is 5.75 Å². The summed E-state index contributed by atoms with van der Waals surface area (Å²) in [6, 6.07) is 3.43. The first kappa shape index (κ1) is 32.8. The van der Waals surface area contributed by atoms with Crippen molar-refractivity contribution in [2.45, 2.75) is 105 Å². The third-order valence-corrected chi connectivity index (χ3v) is 6.91. The van der Waals surface area contributed by atoms with E-state index in [0.29, 0.717) is 16.7 Å². The molecule has 1 aromatic heterocycles. The van der Waals surface area contributed by atoms with E-state index in [2.05, 4.69) is 9.73 Å². The molecule has 0 fully saturated rings. The second-order valence-electron chi connectivity index (χ2n) is 12.1. The maximum atomic E-state index is 13.6. The van der Waals surface area contributed by atoms with Crippen LogP contribution in [0.5, 0.6) is 5.75 Å². The molecule has 40 heavy (non-hydrogen) atoms. The van der Waals surface area contributed by atoms with Crippen LogP contribution in [0.15, 0.2) is 29.5 Å². The summed E-state index contributed by atoms with van der Waals surface area (Å²) in [5.74, 6) is -0.630. The van der Waals surface area contributed by atoms with Gasteiger partial charge in [0.1, 0.15) is 5.75 Å². The predicted molar refractivity (Wildman–Crippen MR) is 151 cm³/mol. The molecule has 1 unspecified atom stereocenters. The number of ether oxygens (including phenoxy) is 2. The zero-order valence-electron chi connectivity index (χ0n) is 25.3. The number of rotatable bonds is 10. The van der Waals surface area contributed by atoms with Crippen LogP contribution in [-0.2, 0) is 38.2 Å². The molecule has 2 rings (SSSR count). The first-order valence-corrected chi connectivity index (χ1v) is 13.7. The van der Waals surface area contributed by atoms with Crippen molar-refractivity contribution in [3.05, 3.63) is 46.8 Å². The molecule has 0 aliphatic carbocycles. The van der Waals surface area contributed by atoms with Gasteiger partial charge < -0.3 is 28.8 Å². The van der Waals surface area contributed by atoms with E-state index in [1.807, 2.05) is 55.4 Å². The number of imidazole rings is 1. The van der Waals surface area contributed by atoms with Crippen molar-refractivity contribution in [1.29, 1.82) is 0 Å². The smallest absolute Gasteiger partial charge is 0.439 e. The topological polar surface area (TPSA) is 132 Å². The average molecular weight is 560 g/mol. The minimum absolute atomic E-state index is 0.0462. The van der Waals surface area contributed by atoms with Crippen LogP contribution < -0.4 is 5.62 Å². The van der Waals surface area contributed by atoms with Crippen LogP contribution in [0.1, 0.15) is 96.6 Å². The Morgan fingerprint density at radius 1 is 0.925 bits per heavy atom. The number of carbonyl (C=O) groups excluding carboxylic acids is 3. The number of aliphatic hydroxyl groups excluding tert-OH is 1. The minimum atomic E-state index is -1.01. The Hall–Kier alpha value is -3.40. The monoisotopic (exact) mass is 559 g/mol. The largest absolute Gasteiger partial charge is 0.507 e. The van der Waals surface area contributed by atoms with Crippen molar-refractivity contribution in [3.63, 3.8) is 0 Å². The number of carbonyl (C=O) groups is 3. The van der Waals surface area contributed by atoms with E-state index < -0.39 is 35.8 Å². The summed E-state index contributed by atoms with van der Waals surface area (Å²) in [6.07, 6.45) is 3.12. The Bertz CT molecular complexity index is 1240. The molecule has 1 heterocycles. The summed E-state index contributed by atoms with van der Waals surface area (Å²) in [6.45, 7) is 16.4. The molecule has 0 spiro atoms. The van der Waals surface area contributed by atoms with E-state index in [1.54, 1.807) is 29.1 Å². The number of benzene rings is 1. The van der Waals surface area contributed by atoms with Gasteiger partial charge in [-0.25, -0.2) is 4.79 Å². The molecule has 1 aromatic carbocycles. The van der Waals surface area contributed by atoms with Gasteiger partial charge in [0.05, 0.1) is 19.2 Å². The summed E-state index contributed by atoms with van der Waals surface area (Å²) in [5.41, 5.74) is 1.05. The number of ketones is 1. The molecule has 10 heteroatoms. The molecule has 0 radical (unpaired) electrons. The molecule has 1 amide bonds. The van der Waals surface area contributed by atoms with Crippen molar-refractivity contribution in [2.75, 3.05) is 6.79 Å². The number of Topliss-reactive ketones (excluding diaryl/α,β-unsaturated/α-hetero) is 1. The highest BCUT2D eigenvalue weighted by molar-refractivity contribution is 5.96. The van der Waals surface area contributed by atoms with Gasteiger partial charge in [0.15, 0.2) is 5.78 Å². The van der Waals surface area contributed by atoms with E-state index in [4.69, 9.17) is 4.74 Å². The van der Waals surface area contributed by atoms with Gasteiger partial charge in [-0.05, 0) is 28.9 Å². The summed E-state index contributed by atoms with van der Waals surface area (Å²) in [4.78, 5) is 41.1. The quantitative estimate of drug-likeness (QED) is 0.242. The molecule has 1 atom stereocenters. The second-order valence-corrected chi connectivity index (χ2v) is 12.1. The first-order valence-electron chi connectivity index (χ1n) is 13.7. The van der Waals surface area contributed by atoms with Crippen LogP contribution in [0.2, 0.25) is 0 Å². The number of nitrogens with zero attached hydrogens (tertiary/aromatic N) is 3. The van der Waals surface area contributed by atoms with Crippen molar-refractivity contribution < 1.29 is 34.1 Å². The number of aromatic nitrogens is 2. The third kappa shape index (κ3) is 8.55. The van der Waals surface area contributed by atoms with Crippen LogP contribution in [0, 0.1) is 5.92 Å². The van der Waals surface area contributed by atoms with Gasteiger partial charge in [-0.3, -0.25) is 9.59 Å². The highest BCUT2D eigenvalue weighted by Crippen LogP contribution is 2.39. The zero-order valence-corrected chi connectivity index (χ0v) is 25.3. The van der Waals surface area contributed by atoms with Crippen LogP contribution in [0.4, 0.5) is 4.79 Å². The fourth-order valence-corrected chi connectivity index (χ4v) is 4.50. The van der Waals surface area contributed by atoms with E-state index in [-0.39, 0.29) is 36.2 Å². The van der Waals surface area contributed by atoms with E-state index in [9.17, 15) is 24.6 Å². The lowest BCUT2D eigenvalue weighted by molar-refractivity contribution is -0.148. The molecule has 0 aliphatic rings. The normalized spacial score (nSPS) is 13.4. The van der Waals surface area contributed by atoms with Gasteiger partial charge in [0, 0.05) is 36.0 Å². The third-order valence-electron chi connectivity index (χ3n) is 6.91. The lowest BCUT2D eigenvalue weighted by atomic mass is 9.78. The van der Waals surface area contributed by atoms with Gasteiger partial charge in [-0.1, -0.05) is 68.2 Å². The molecular formula is C30H45N3O7. The molecular weight excluding hydrogens is 514 g/mol. The molecule has 0 saturated heterocycles. The first-order chi connectivity index (χ1) is 18.5. The zero-order chi connectivity index (χ0) is 30.4. The van der Waals surface area contributed by atoms with Crippen LogP contribution in [-0.4, -0.2) is 50.1 Å². The number of aromatic hydroxyl groups is 1. The molecule has 0 aliphatic heterocycles. The number of amides is 1. The number of esters is 1. The Kier molecular flexibility index (Phi) is 10.9. The number of hydrogen-bond donors (Lipinski definition) is 2. The summed E-state index contributed by atoms with van der Waals surface area (Å²) in [7, 11) is 0. The average Bonchev–Trinajstić information content (AvgIpc) is 3.18. The number of aliphatic hydroxyl groups is 1. The Balaban J connectivity index is 2.54. The predicted octanol–water partition coefficient (Wildman–Crippen LogP) is 4.83. The second kappa shape index (κ2) is 13.3. The SMILES string of the molecule is CCC(CC)C(O)Cn1ccn(CC(=O)c2cc(C(C)(C)C)c(O)c(C(C)(C)C)c2)c1=NC(=O)OCOC(C)=O. The number of hydrogen-bond acceptors (Lipinski definition) is 7. The van der Waals surface area contributed by atoms with Gasteiger partial charge in [-0.2, -0.15) is 0 Å². The Labute approximate surface area is 236 Å². The molecule has 2 aromatic rings. The lowest BCUT2D eigenvalue weighted by Crippen LogP contribution is -2.34. The van der Waals surface area contributed by atoms with Crippen LogP contribution >= 0.6 is 0 Å². The van der Waals surface area contributed by atoms with Crippen LogP contribution in [0.25, 0.3) is 0 Å². The fourth-order valence-electron chi connectivity index (χ4n) is 4.50. The maximum absolute atomic E-state index is 13.6. The van der Waals surface area contributed by atoms with Crippen molar-refractivity contribution in [2.24, 2.45) is 10.9 Å². The summed E-state index contributed by atoms with van der Waals surface area (Å²) >= 11 is 0.